The molecule has 6 heteroatoms. The van der Waals surface area contributed by atoms with Crippen LogP contribution in [0.2, 0.25) is 0 Å². The summed E-state index contributed by atoms with van der Waals surface area (Å²) in [5.41, 5.74) is 5.30. The van der Waals surface area contributed by atoms with Crippen molar-refractivity contribution in [3.8, 4) is 0 Å². The molecule has 0 aliphatic heterocycles. The van der Waals surface area contributed by atoms with Crippen molar-refractivity contribution >= 4 is 109 Å². The first kappa shape index (κ1) is 27.8. The topological polar surface area (TPSA) is 6.48 Å². The molecule has 0 radical (unpaired) electrons. The quantitative estimate of drug-likeness (QED) is 0.152. The monoisotopic (exact) mass is 644 g/mol. The molecule has 0 bridgehead atoms. The molecule has 0 saturated carbocycles. The van der Waals surface area contributed by atoms with E-state index >= 15 is 0 Å². The van der Waals surface area contributed by atoms with Gasteiger partial charge in [-0.1, -0.05) is 52.0 Å². The van der Waals surface area contributed by atoms with Crippen LogP contribution in [0.4, 0.5) is 31.4 Å². The van der Waals surface area contributed by atoms with Crippen LogP contribution < -0.4 is 9.80 Å². The summed E-state index contributed by atoms with van der Waals surface area (Å²) in [7, 11) is 0. The Bertz CT molecular complexity index is 1950. The molecule has 0 spiro atoms. The highest BCUT2D eigenvalue weighted by molar-refractivity contribution is 7.17. The molecule has 8 aromatic rings. The van der Waals surface area contributed by atoms with Gasteiger partial charge < -0.3 is 0 Å². The molecule has 4 heterocycles. The zero-order valence-corrected chi connectivity index (χ0v) is 28.3. The van der Waals surface area contributed by atoms with Gasteiger partial charge in [-0.3, -0.25) is 9.80 Å². The predicted octanol–water partition coefficient (Wildman–Crippen LogP) is 14.0. The molecule has 0 fully saturated rings. The third-order valence-electron chi connectivity index (χ3n) is 8.55. The molecular formula is C38H32N2S4. The lowest BCUT2D eigenvalue weighted by molar-refractivity contribution is 0.875. The Morgan fingerprint density at radius 3 is 1.02 bits per heavy atom. The normalized spacial score (nSPS) is 12.0. The molecule has 0 saturated heterocycles. The summed E-state index contributed by atoms with van der Waals surface area (Å²) in [6.07, 6.45) is 0. The lowest BCUT2D eigenvalue weighted by Gasteiger charge is -2.29. The van der Waals surface area contributed by atoms with Gasteiger partial charge in [0.25, 0.3) is 0 Å². The summed E-state index contributed by atoms with van der Waals surface area (Å²) in [5, 5.41) is 21.8. The van der Waals surface area contributed by atoms with Crippen LogP contribution in [0, 0.1) is 0 Å². The maximum atomic E-state index is 2.47. The third kappa shape index (κ3) is 4.39. The average Bonchev–Trinajstić information content (AvgIpc) is 3.86. The number of hydrogen-bond donors (Lipinski definition) is 0. The van der Waals surface area contributed by atoms with E-state index in [1.54, 1.807) is 45.3 Å². The van der Waals surface area contributed by atoms with Crippen molar-refractivity contribution in [3.05, 3.63) is 118 Å². The smallest absolute Gasteiger partial charge is 0.101 e. The highest BCUT2D eigenvalue weighted by atomic mass is 32.1. The standard InChI is InChI=1S/C38H32N2S4/c1-23(2)29-21-31(39(33-9-5-17-41-33)34-10-6-18-42-34)27-16-14-26-30(24(3)4)22-32(28-15-13-25(29)37(27)38(26)28)40(35-11-7-19-43-35)36-12-8-20-44-36/h5-24H,1-4H3. The van der Waals surface area contributed by atoms with Crippen molar-refractivity contribution < 1.29 is 0 Å². The van der Waals surface area contributed by atoms with Crippen molar-refractivity contribution in [3.63, 3.8) is 0 Å². The molecular weight excluding hydrogens is 613 g/mol. The Kier molecular flexibility index (Phi) is 6.98. The minimum Gasteiger partial charge on any atom is -0.292 e. The average molecular weight is 645 g/mol. The second kappa shape index (κ2) is 11.0. The molecule has 4 aromatic heterocycles. The van der Waals surface area contributed by atoms with Crippen molar-refractivity contribution in [2.24, 2.45) is 0 Å². The summed E-state index contributed by atoms with van der Waals surface area (Å²) in [6.45, 7) is 9.32. The summed E-state index contributed by atoms with van der Waals surface area (Å²) in [6, 6.07) is 32.1. The Morgan fingerprint density at radius 2 is 0.750 bits per heavy atom. The van der Waals surface area contributed by atoms with Gasteiger partial charge in [0.2, 0.25) is 0 Å². The number of anilines is 6. The van der Waals surface area contributed by atoms with Crippen LogP contribution in [0.15, 0.2) is 106 Å². The summed E-state index contributed by atoms with van der Waals surface area (Å²) >= 11 is 7.18. The van der Waals surface area contributed by atoms with E-state index in [9.17, 15) is 0 Å². The van der Waals surface area contributed by atoms with E-state index in [4.69, 9.17) is 0 Å². The molecule has 0 amide bonds. The fourth-order valence-electron chi connectivity index (χ4n) is 6.62. The van der Waals surface area contributed by atoms with Crippen LogP contribution in [0.25, 0.3) is 32.3 Å². The van der Waals surface area contributed by atoms with Crippen molar-refractivity contribution in [1.29, 1.82) is 0 Å². The van der Waals surface area contributed by atoms with Gasteiger partial charge in [-0.2, -0.15) is 0 Å². The molecule has 44 heavy (non-hydrogen) atoms. The van der Waals surface area contributed by atoms with E-state index in [1.165, 1.54) is 74.8 Å². The highest BCUT2D eigenvalue weighted by Gasteiger charge is 2.26. The van der Waals surface area contributed by atoms with Crippen LogP contribution in [0.5, 0.6) is 0 Å². The van der Waals surface area contributed by atoms with E-state index in [0.717, 1.165) is 0 Å². The predicted molar refractivity (Wildman–Crippen MR) is 199 cm³/mol. The van der Waals surface area contributed by atoms with E-state index in [1.807, 2.05) is 0 Å². The first-order valence-electron chi connectivity index (χ1n) is 15.0. The van der Waals surface area contributed by atoms with Gasteiger partial charge in [-0.25, -0.2) is 0 Å². The highest BCUT2D eigenvalue weighted by Crippen LogP contribution is 2.52. The Balaban J connectivity index is 1.53. The SMILES string of the molecule is CC(C)c1cc(N(c2cccs2)c2cccs2)c2ccc3c(C(C)C)cc(N(c4cccs4)c4cccs4)c4ccc1c2c34. The minimum atomic E-state index is 0.379. The second-order valence-electron chi connectivity index (χ2n) is 11.8. The zero-order valence-electron chi connectivity index (χ0n) is 25.1. The van der Waals surface area contributed by atoms with Gasteiger partial charge in [-0.15, -0.1) is 45.3 Å². The van der Waals surface area contributed by atoms with E-state index in [-0.39, 0.29) is 0 Å². The maximum Gasteiger partial charge on any atom is 0.101 e. The molecule has 0 aliphatic rings. The van der Waals surface area contributed by atoms with Crippen LogP contribution in [-0.2, 0) is 0 Å². The summed E-state index contributed by atoms with van der Waals surface area (Å²) in [4.78, 5) is 4.95. The third-order valence-corrected chi connectivity index (χ3v) is 12.0. The van der Waals surface area contributed by atoms with Crippen molar-refractivity contribution in [2.75, 3.05) is 9.80 Å². The lowest BCUT2D eigenvalue weighted by Crippen LogP contribution is -2.10. The van der Waals surface area contributed by atoms with Gasteiger partial charge in [0.05, 0.1) is 11.4 Å². The molecule has 0 aliphatic carbocycles. The van der Waals surface area contributed by atoms with Crippen LogP contribution >= 0.6 is 45.3 Å². The number of thiophene rings is 4. The number of hydrogen-bond acceptors (Lipinski definition) is 6. The zero-order chi connectivity index (χ0) is 29.9. The molecule has 8 rings (SSSR count). The van der Waals surface area contributed by atoms with Crippen LogP contribution in [-0.4, -0.2) is 0 Å². The molecule has 0 unspecified atom stereocenters. The second-order valence-corrected chi connectivity index (χ2v) is 15.5. The number of rotatable bonds is 8. The minimum absolute atomic E-state index is 0.379. The first-order valence-corrected chi connectivity index (χ1v) is 18.6. The van der Waals surface area contributed by atoms with Gasteiger partial charge >= 0.3 is 0 Å². The number of benzene rings is 4. The molecule has 0 N–H and O–H groups in total. The van der Waals surface area contributed by atoms with Crippen molar-refractivity contribution in [1.82, 2.24) is 0 Å². The maximum absolute atomic E-state index is 2.47. The van der Waals surface area contributed by atoms with E-state index in [0.29, 0.717) is 11.8 Å². The Hall–Kier alpha value is -3.68. The van der Waals surface area contributed by atoms with Crippen molar-refractivity contribution in [2.45, 2.75) is 39.5 Å². The number of nitrogens with zero attached hydrogens (tertiary/aromatic N) is 2. The Labute approximate surface area is 274 Å². The molecule has 4 aromatic carbocycles. The van der Waals surface area contributed by atoms with Gasteiger partial charge in [0.1, 0.15) is 20.0 Å². The summed E-state index contributed by atoms with van der Waals surface area (Å²) < 4.78 is 0. The van der Waals surface area contributed by atoms with Crippen LogP contribution in [0.1, 0.15) is 50.7 Å². The largest absolute Gasteiger partial charge is 0.292 e. The Morgan fingerprint density at radius 1 is 0.432 bits per heavy atom. The van der Waals surface area contributed by atoms with E-state index in [2.05, 4.69) is 144 Å². The fourth-order valence-corrected chi connectivity index (χ4v) is 9.75. The van der Waals surface area contributed by atoms with Gasteiger partial charge in [-0.05, 0) is 127 Å². The fraction of sp³-hybridized carbons (Fsp3) is 0.158. The molecule has 0 atom stereocenters. The van der Waals surface area contributed by atoms with Gasteiger partial charge in [0, 0.05) is 10.8 Å². The molecule has 218 valence electrons. The summed E-state index contributed by atoms with van der Waals surface area (Å²) in [5.74, 6) is 0.759. The van der Waals surface area contributed by atoms with Crippen LogP contribution in [0.3, 0.4) is 0 Å². The lowest BCUT2D eigenvalue weighted by atomic mass is 9.84. The van der Waals surface area contributed by atoms with Gasteiger partial charge in [0.15, 0.2) is 0 Å². The first-order chi connectivity index (χ1) is 21.5. The van der Waals surface area contributed by atoms with E-state index < -0.39 is 0 Å². The molecule has 2 nitrogen and oxygen atoms in total.